The number of nitrogens with zero attached hydrogens (tertiary/aromatic N) is 1. The Balaban J connectivity index is 1.55. The quantitative estimate of drug-likeness (QED) is 0.739. The van der Waals surface area contributed by atoms with Crippen molar-refractivity contribution < 1.29 is 18.7 Å². The predicted molar refractivity (Wildman–Crippen MR) is 97.3 cm³/mol. The molecule has 1 saturated heterocycles. The standard InChI is InChI=1S/C19H28FN3O3/c1-21-18(24)14-26-19(25)22-10-6-16-8-12-23(13-9-16)11-7-15-2-4-17(20)5-3-15/h2-5,16H,6-14H2,1H3,(H,21,24)(H,22,25). The number of benzene rings is 1. The molecule has 0 unspecified atom stereocenters. The van der Waals surface area contributed by atoms with E-state index in [1.807, 2.05) is 12.1 Å². The molecule has 1 fully saturated rings. The largest absolute Gasteiger partial charge is 0.439 e. The summed E-state index contributed by atoms with van der Waals surface area (Å²) in [5.41, 5.74) is 1.16. The average molecular weight is 365 g/mol. The lowest BCUT2D eigenvalue weighted by molar-refractivity contribution is -0.123. The molecule has 1 aliphatic rings. The summed E-state index contributed by atoms with van der Waals surface area (Å²) in [5.74, 6) is 0.0742. The van der Waals surface area contributed by atoms with Gasteiger partial charge in [-0.15, -0.1) is 0 Å². The molecule has 7 heteroatoms. The molecule has 0 spiro atoms. The Kier molecular flexibility index (Phi) is 8.34. The van der Waals surface area contributed by atoms with Gasteiger partial charge in [-0.1, -0.05) is 12.1 Å². The number of carbonyl (C=O) groups excluding carboxylic acids is 2. The molecule has 1 heterocycles. The van der Waals surface area contributed by atoms with Crippen molar-refractivity contribution in [3.8, 4) is 0 Å². The minimum atomic E-state index is -0.551. The maximum absolute atomic E-state index is 12.9. The van der Waals surface area contributed by atoms with Crippen LogP contribution >= 0.6 is 0 Å². The number of ether oxygens (including phenoxy) is 1. The summed E-state index contributed by atoms with van der Waals surface area (Å²) in [5, 5.41) is 5.08. The van der Waals surface area contributed by atoms with Crippen LogP contribution in [0.15, 0.2) is 24.3 Å². The normalized spacial score (nSPS) is 15.5. The lowest BCUT2D eigenvalue weighted by atomic mass is 9.93. The topological polar surface area (TPSA) is 70.7 Å². The van der Waals surface area contributed by atoms with Gasteiger partial charge in [0.25, 0.3) is 5.91 Å². The first-order valence-corrected chi connectivity index (χ1v) is 9.15. The smallest absolute Gasteiger partial charge is 0.407 e. The highest BCUT2D eigenvalue weighted by Gasteiger charge is 2.19. The van der Waals surface area contributed by atoms with Gasteiger partial charge in [-0.3, -0.25) is 4.79 Å². The van der Waals surface area contributed by atoms with Crippen molar-refractivity contribution in [3.05, 3.63) is 35.6 Å². The number of halogens is 1. The van der Waals surface area contributed by atoms with E-state index in [4.69, 9.17) is 4.74 Å². The van der Waals surface area contributed by atoms with Crippen LogP contribution in [0.5, 0.6) is 0 Å². The van der Waals surface area contributed by atoms with Gasteiger partial charge in [-0.2, -0.15) is 0 Å². The van der Waals surface area contributed by atoms with Gasteiger partial charge in [0.2, 0.25) is 0 Å². The fourth-order valence-electron chi connectivity index (χ4n) is 3.07. The third-order valence-electron chi connectivity index (χ3n) is 4.77. The van der Waals surface area contributed by atoms with Gasteiger partial charge < -0.3 is 20.3 Å². The van der Waals surface area contributed by atoms with Gasteiger partial charge in [0, 0.05) is 20.1 Å². The number of likely N-dealkylation sites (tertiary alicyclic amines) is 1. The number of nitrogens with one attached hydrogen (secondary N) is 2. The molecule has 1 aliphatic heterocycles. The Labute approximate surface area is 154 Å². The Morgan fingerprint density at radius 2 is 1.92 bits per heavy atom. The molecule has 2 N–H and O–H groups in total. The van der Waals surface area contributed by atoms with Crippen LogP contribution in [0.25, 0.3) is 0 Å². The number of carbonyl (C=O) groups is 2. The second kappa shape index (κ2) is 10.8. The van der Waals surface area contributed by atoms with E-state index in [2.05, 4.69) is 15.5 Å². The van der Waals surface area contributed by atoms with Crippen LogP contribution in [0.2, 0.25) is 0 Å². The summed E-state index contributed by atoms with van der Waals surface area (Å²) in [4.78, 5) is 24.9. The molecule has 0 aromatic heterocycles. The molecular formula is C19H28FN3O3. The van der Waals surface area contributed by atoms with Crippen molar-refractivity contribution in [2.24, 2.45) is 5.92 Å². The maximum atomic E-state index is 12.9. The number of rotatable bonds is 8. The van der Waals surface area contributed by atoms with Crippen LogP contribution in [0.1, 0.15) is 24.8 Å². The zero-order valence-electron chi connectivity index (χ0n) is 15.3. The molecule has 0 bridgehead atoms. The van der Waals surface area contributed by atoms with Crippen molar-refractivity contribution in [2.75, 3.05) is 39.8 Å². The molecule has 2 amide bonds. The Bertz CT molecular complexity index is 572. The zero-order chi connectivity index (χ0) is 18.8. The molecular weight excluding hydrogens is 337 g/mol. The van der Waals surface area contributed by atoms with Crippen molar-refractivity contribution in [1.29, 1.82) is 0 Å². The van der Waals surface area contributed by atoms with Gasteiger partial charge in [-0.05, 0) is 62.4 Å². The number of piperidine rings is 1. The van der Waals surface area contributed by atoms with Crippen LogP contribution in [0.3, 0.4) is 0 Å². The zero-order valence-corrected chi connectivity index (χ0v) is 15.3. The first-order valence-electron chi connectivity index (χ1n) is 9.15. The predicted octanol–water partition coefficient (Wildman–Crippen LogP) is 1.94. The summed E-state index contributed by atoms with van der Waals surface area (Å²) in [6.45, 7) is 3.39. The number of amides is 2. The van der Waals surface area contributed by atoms with Gasteiger partial charge in [0.15, 0.2) is 6.61 Å². The third kappa shape index (κ3) is 7.39. The van der Waals surface area contributed by atoms with Gasteiger partial charge in [0.05, 0.1) is 0 Å². The first kappa shape index (κ1) is 20.2. The van der Waals surface area contributed by atoms with Crippen LogP contribution in [-0.4, -0.2) is 56.7 Å². The summed E-state index contributed by atoms with van der Waals surface area (Å²) in [6, 6.07) is 6.70. The van der Waals surface area contributed by atoms with E-state index >= 15 is 0 Å². The van der Waals surface area contributed by atoms with Crippen molar-refractivity contribution in [3.63, 3.8) is 0 Å². The highest BCUT2D eigenvalue weighted by Crippen LogP contribution is 2.20. The summed E-state index contributed by atoms with van der Waals surface area (Å²) < 4.78 is 17.7. The molecule has 0 atom stereocenters. The molecule has 2 rings (SSSR count). The van der Waals surface area contributed by atoms with E-state index in [0.717, 1.165) is 50.9 Å². The fraction of sp³-hybridized carbons (Fsp3) is 0.579. The average Bonchev–Trinajstić information content (AvgIpc) is 2.66. The molecule has 1 aromatic rings. The molecule has 144 valence electrons. The van der Waals surface area contributed by atoms with E-state index in [1.54, 1.807) is 0 Å². The summed E-state index contributed by atoms with van der Waals surface area (Å²) in [7, 11) is 1.50. The Hall–Kier alpha value is -2.15. The van der Waals surface area contributed by atoms with Crippen LogP contribution in [-0.2, 0) is 16.0 Å². The first-order chi connectivity index (χ1) is 12.6. The highest BCUT2D eigenvalue weighted by molar-refractivity contribution is 5.79. The van der Waals surface area contributed by atoms with Gasteiger partial charge >= 0.3 is 6.09 Å². The van der Waals surface area contributed by atoms with E-state index < -0.39 is 6.09 Å². The van der Waals surface area contributed by atoms with Gasteiger partial charge in [-0.25, -0.2) is 9.18 Å². The molecule has 0 aliphatic carbocycles. The minimum Gasteiger partial charge on any atom is -0.439 e. The number of alkyl carbamates (subject to hydrolysis) is 1. The van der Waals surface area contributed by atoms with Crippen molar-refractivity contribution in [2.45, 2.75) is 25.7 Å². The highest BCUT2D eigenvalue weighted by atomic mass is 19.1. The molecule has 0 radical (unpaired) electrons. The molecule has 0 saturated carbocycles. The van der Waals surface area contributed by atoms with Crippen LogP contribution in [0, 0.1) is 11.7 Å². The lowest BCUT2D eigenvalue weighted by Crippen LogP contribution is -2.36. The minimum absolute atomic E-state index is 0.194. The van der Waals surface area contributed by atoms with Crippen LogP contribution < -0.4 is 10.6 Å². The van der Waals surface area contributed by atoms with Crippen molar-refractivity contribution >= 4 is 12.0 Å². The Morgan fingerprint density at radius 3 is 2.58 bits per heavy atom. The summed E-state index contributed by atoms with van der Waals surface area (Å²) >= 11 is 0. The van der Waals surface area contributed by atoms with E-state index in [-0.39, 0.29) is 18.3 Å². The number of hydrogen-bond acceptors (Lipinski definition) is 4. The fourth-order valence-corrected chi connectivity index (χ4v) is 3.07. The number of likely N-dealkylation sites (N-methyl/N-ethyl adjacent to an activating group) is 1. The second-order valence-electron chi connectivity index (χ2n) is 6.63. The summed E-state index contributed by atoms with van der Waals surface area (Å²) in [6.07, 6.45) is 3.52. The Morgan fingerprint density at radius 1 is 1.23 bits per heavy atom. The molecule has 26 heavy (non-hydrogen) atoms. The SMILES string of the molecule is CNC(=O)COC(=O)NCCC1CCN(CCc2ccc(F)cc2)CC1. The van der Waals surface area contributed by atoms with Crippen molar-refractivity contribution in [1.82, 2.24) is 15.5 Å². The second-order valence-corrected chi connectivity index (χ2v) is 6.63. The van der Waals surface area contributed by atoms with Crippen LogP contribution in [0.4, 0.5) is 9.18 Å². The van der Waals surface area contributed by atoms with E-state index in [1.165, 1.54) is 19.2 Å². The lowest BCUT2D eigenvalue weighted by Gasteiger charge is -2.32. The van der Waals surface area contributed by atoms with E-state index in [0.29, 0.717) is 12.5 Å². The van der Waals surface area contributed by atoms with Gasteiger partial charge in [0.1, 0.15) is 5.82 Å². The van der Waals surface area contributed by atoms with E-state index in [9.17, 15) is 14.0 Å². The molecule has 1 aromatic carbocycles. The maximum Gasteiger partial charge on any atom is 0.407 e. The monoisotopic (exact) mass is 365 g/mol. The third-order valence-corrected chi connectivity index (χ3v) is 4.77. The number of hydrogen-bond donors (Lipinski definition) is 2. The molecule has 6 nitrogen and oxygen atoms in total.